The number of esters is 2. The molecular formula is C21H38NO14P. The number of likely N-dealkylation sites (N-methyl/N-ethyl adjacent to an activating group) is 1. The maximum atomic E-state index is 11.5. The first-order valence-electron chi connectivity index (χ1n) is 10.7. The van der Waals surface area contributed by atoms with Gasteiger partial charge in [0.2, 0.25) is 0 Å². The molecule has 0 bridgehead atoms. The van der Waals surface area contributed by atoms with Crippen molar-refractivity contribution in [1.82, 2.24) is 0 Å². The second-order valence-corrected chi connectivity index (χ2v) is 9.90. The summed E-state index contributed by atoms with van der Waals surface area (Å²) in [6.07, 6.45) is -2.11. The van der Waals surface area contributed by atoms with Gasteiger partial charge in [-0.1, -0.05) is 0 Å². The summed E-state index contributed by atoms with van der Waals surface area (Å²) in [6.45, 7) is 2.97. The molecule has 0 aromatic carbocycles. The fraction of sp³-hybridized carbons (Fsp3) is 0.714. The maximum Gasteiger partial charge on any atom is 0.313 e. The first-order chi connectivity index (χ1) is 16.7. The predicted octanol–water partition coefficient (Wildman–Crippen LogP) is -0.734. The number of hydrogen-bond donors (Lipinski definition) is 2. The van der Waals surface area contributed by atoms with Crippen molar-refractivity contribution in [3.8, 4) is 0 Å². The summed E-state index contributed by atoms with van der Waals surface area (Å²) < 4.78 is 30.1. The topological polar surface area (TPSA) is 220 Å². The van der Waals surface area contributed by atoms with Crippen molar-refractivity contribution in [2.75, 3.05) is 54.6 Å². The molecule has 0 saturated heterocycles. The van der Waals surface area contributed by atoms with Crippen molar-refractivity contribution in [3.05, 3.63) is 0 Å². The van der Waals surface area contributed by atoms with Crippen molar-refractivity contribution >= 4 is 43.1 Å². The van der Waals surface area contributed by atoms with Crippen molar-refractivity contribution in [1.29, 1.82) is 0 Å². The minimum Gasteiger partial charge on any atom is -0.756 e. The summed E-state index contributed by atoms with van der Waals surface area (Å²) in [5.74, 6) is -3.28. The summed E-state index contributed by atoms with van der Waals surface area (Å²) in [5, 5.41) is 16.9. The van der Waals surface area contributed by atoms with Crippen LogP contribution in [-0.4, -0.2) is 111 Å². The first kappa shape index (κ1) is 39.0. The number of nitrogens with zero attached hydrogens (tertiary/aromatic N) is 1. The smallest absolute Gasteiger partial charge is 0.313 e. The molecule has 0 amide bonds. The van der Waals surface area contributed by atoms with E-state index < -0.39 is 57.3 Å². The van der Waals surface area contributed by atoms with Crippen molar-refractivity contribution in [3.63, 3.8) is 0 Å². The van der Waals surface area contributed by atoms with Gasteiger partial charge >= 0.3 is 17.9 Å². The lowest BCUT2D eigenvalue weighted by atomic mass is 10.3. The minimum absolute atomic E-state index is 0.0573. The number of rotatable bonds is 15. The quantitative estimate of drug-likeness (QED) is 0.109. The lowest BCUT2D eigenvalue weighted by Crippen LogP contribution is -2.37. The number of aliphatic hydroxyl groups is 1. The standard InChI is InChI=1S/C12H24NO8P.C5H8O3.C4H6O3/c1-10(15)7-12(16)21-11(8-14)9-20-22(17,18)19-6-5-13(2,3)4;1-4(6)3-5(7)8-2;1-3(5)2-4(6)7/h11,14H,5-9H2,1-4H3;3H2,1-2H3;2H2,1H3,(H,6,7). The van der Waals surface area contributed by atoms with E-state index in [0.717, 1.165) is 0 Å². The van der Waals surface area contributed by atoms with E-state index in [1.54, 1.807) is 0 Å². The van der Waals surface area contributed by atoms with Crippen LogP contribution in [0.15, 0.2) is 0 Å². The minimum atomic E-state index is -4.55. The third-order valence-corrected chi connectivity index (χ3v) is 4.31. The fourth-order valence-corrected chi connectivity index (χ4v) is 2.41. The SMILES string of the molecule is CC(=O)CC(=O)O.CC(=O)CC(=O)OC(CO)COP(=O)([O-])OCC[N+](C)(C)C.COC(=O)CC(C)=O. The number of phosphoric acid groups is 1. The van der Waals surface area contributed by atoms with Crippen LogP contribution in [0, 0.1) is 0 Å². The summed E-state index contributed by atoms with van der Waals surface area (Å²) in [7, 11) is 2.32. The zero-order valence-corrected chi connectivity index (χ0v) is 23.1. The van der Waals surface area contributed by atoms with Gasteiger partial charge in [-0.15, -0.1) is 0 Å². The van der Waals surface area contributed by atoms with E-state index in [2.05, 4.69) is 13.8 Å². The molecule has 2 atom stereocenters. The first-order valence-corrected chi connectivity index (χ1v) is 12.2. The van der Waals surface area contributed by atoms with Crippen LogP contribution in [0.3, 0.4) is 0 Å². The number of ether oxygens (including phenoxy) is 2. The summed E-state index contributed by atoms with van der Waals surface area (Å²) in [5.41, 5.74) is 0. The van der Waals surface area contributed by atoms with Gasteiger partial charge in [0, 0.05) is 0 Å². The molecule has 0 saturated carbocycles. The average Bonchev–Trinajstić information content (AvgIpc) is 2.68. The van der Waals surface area contributed by atoms with Crippen LogP contribution in [0.1, 0.15) is 40.0 Å². The molecule has 2 N–H and O–H groups in total. The highest BCUT2D eigenvalue weighted by Crippen LogP contribution is 2.38. The Morgan fingerprint density at radius 2 is 1.32 bits per heavy atom. The van der Waals surface area contributed by atoms with Crippen molar-refractivity contribution in [2.24, 2.45) is 0 Å². The number of Topliss-reactive ketones (excluding diaryl/α,β-unsaturated/α-hetero) is 3. The van der Waals surface area contributed by atoms with Crippen LogP contribution in [0.25, 0.3) is 0 Å². The van der Waals surface area contributed by atoms with E-state index in [4.69, 9.17) is 14.9 Å². The predicted molar refractivity (Wildman–Crippen MR) is 125 cm³/mol. The summed E-state index contributed by atoms with van der Waals surface area (Å²) >= 11 is 0. The Balaban J connectivity index is -0.000000626. The summed E-state index contributed by atoms with van der Waals surface area (Å²) in [4.78, 5) is 73.2. The fourth-order valence-electron chi connectivity index (χ4n) is 1.68. The van der Waals surface area contributed by atoms with E-state index in [-0.39, 0.29) is 31.0 Å². The lowest BCUT2D eigenvalue weighted by Gasteiger charge is -2.28. The molecule has 16 heteroatoms. The van der Waals surface area contributed by atoms with Crippen LogP contribution in [0.4, 0.5) is 0 Å². The molecule has 15 nitrogen and oxygen atoms in total. The van der Waals surface area contributed by atoms with Gasteiger partial charge in [0.25, 0.3) is 7.82 Å². The Morgan fingerprint density at radius 3 is 1.62 bits per heavy atom. The van der Waals surface area contributed by atoms with E-state index in [1.165, 1.54) is 27.9 Å². The van der Waals surface area contributed by atoms with Gasteiger partial charge in [0.1, 0.15) is 55.9 Å². The molecule has 0 rings (SSSR count). The third kappa shape index (κ3) is 33.5. The van der Waals surface area contributed by atoms with E-state index in [9.17, 15) is 38.2 Å². The number of ketones is 3. The van der Waals surface area contributed by atoms with Gasteiger partial charge in [0.05, 0.1) is 41.5 Å². The van der Waals surface area contributed by atoms with Gasteiger partial charge in [-0.25, -0.2) is 0 Å². The Hall–Kier alpha value is -2.55. The second kappa shape index (κ2) is 20.5. The van der Waals surface area contributed by atoms with Crippen LogP contribution in [-0.2, 0) is 51.9 Å². The number of hydrogen-bond acceptors (Lipinski definition) is 13. The highest BCUT2D eigenvalue weighted by atomic mass is 31.2. The second-order valence-electron chi connectivity index (χ2n) is 8.49. The highest BCUT2D eigenvalue weighted by Gasteiger charge is 2.19. The number of carboxylic acids is 1. The monoisotopic (exact) mass is 559 g/mol. The molecule has 0 aliphatic carbocycles. The summed E-state index contributed by atoms with van der Waals surface area (Å²) in [6, 6.07) is 0. The molecule has 0 heterocycles. The molecule has 0 spiro atoms. The molecule has 0 aromatic heterocycles. The molecule has 0 radical (unpaired) electrons. The Labute approximate surface area is 215 Å². The number of aliphatic carboxylic acids is 1. The molecule has 216 valence electrons. The normalized spacial score (nSPS) is 12.8. The molecule has 2 unspecified atom stereocenters. The van der Waals surface area contributed by atoms with Gasteiger partial charge in [-0.05, 0) is 20.8 Å². The number of aliphatic hydroxyl groups excluding tert-OH is 1. The molecule has 0 aliphatic heterocycles. The zero-order valence-electron chi connectivity index (χ0n) is 22.2. The average molecular weight is 560 g/mol. The van der Waals surface area contributed by atoms with Crippen LogP contribution in [0.2, 0.25) is 0 Å². The van der Waals surface area contributed by atoms with Gasteiger partial charge in [0.15, 0.2) is 0 Å². The van der Waals surface area contributed by atoms with E-state index in [1.807, 2.05) is 21.1 Å². The van der Waals surface area contributed by atoms with Crippen molar-refractivity contribution < 1.29 is 71.4 Å². The maximum absolute atomic E-state index is 11.5. The van der Waals surface area contributed by atoms with E-state index >= 15 is 0 Å². The molecule has 0 fully saturated rings. The van der Waals surface area contributed by atoms with Crippen LogP contribution in [0.5, 0.6) is 0 Å². The molecule has 37 heavy (non-hydrogen) atoms. The Kier molecular flexibility index (Phi) is 21.6. The Morgan fingerprint density at radius 1 is 0.865 bits per heavy atom. The van der Waals surface area contributed by atoms with Crippen LogP contribution < -0.4 is 4.89 Å². The molecule has 0 aromatic rings. The highest BCUT2D eigenvalue weighted by molar-refractivity contribution is 7.45. The number of quaternary nitrogens is 1. The lowest BCUT2D eigenvalue weighted by molar-refractivity contribution is -0.870. The number of carboxylic acid groups (broad SMARTS) is 1. The number of phosphoric ester groups is 1. The van der Waals surface area contributed by atoms with Crippen LogP contribution >= 0.6 is 7.82 Å². The number of carbonyl (C=O) groups is 6. The van der Waals surface area contributed by atoms with Crippen molar-refractivity contribution in [2.45, 2.75) is 46.1 Å². The van der Waals surface area contributed by atoms with Gasteiger partial charge in [-0.2, -0.15) is 0 Å². The molecule has 0 aliphatic rings. The third-order valence-electron chi connectivity index (χ3n) is 3.35. The largest absolute Gasteiger partial charge is 0.756 e. The Bertz CT molecular complexity index is 794. The zero-order chi connectivity index (χ0) is 29.8. The van der Waals surface area contributed by atoms with Gasteiger partial charge in [-0.3, -0.25) is 33.3 Å². The van der Waals surface area contributed by atoms with Gasteiger partial charge < -0.3 is 38.1 Å². The number of methoxy groups -OCH3 is 1. The molecular weight excluding hydrogens is 521 g/mol. The van der Waals surface area contributed by atoms with E-state index in [0.29, 0.717) is 11.0 Å². The number of carbonyl (C=O) groups excluding carboxylic acids is 5.